The molecule has 0 spiro atoms. The van der Waals surface area contributed by atoms with E-state index in [1.807, 2.05) is 4.90 Å². The molecular formula is C19H26N2O3. The zero-order valence-corrected chi connectivity index (χ0v) is 14.1. The van der Waals surface area contributed by atoms with Crippen molar-refractivity contribution in [3.8, 4) is 5.75 Å². The summed E-state index contributed by atoms with van der Waals surface area (Å²) in [5.74, 6) is 0.804. The average molecular weight is 330 g/mol. The number of hydrogen-bond donors (Lipinski definition) is 1. The smallest absolute Gasteiger partial charge is 0.257 e. The van der Waals surface area contributed by atoms with Gasteiger partial charge >= 0.3 is 0 Å². The number of rotatable bonds is 4. The van der Waals surface area contributed by atoms with Crippen molar-refractivity contribution in [3.05, 3.63) is 29.8 Å². The summed E-state index contributed by atoms with van der Waals surface area (Å²) in [6.45, 7) is 2.23. The number of phenolic OH excluding ortho intramolecular Hbond substituents is 1. The van der Waals surface area contributed by atoms with Crippen molar-refractivity contribution < 1.29 is 14.7 Å². The van der Waals surface area contributed by atoms with E-state index < -0.39 is 0 Å². The van der Waals surface area contributed by atoms with Gasteiger partial charge in [-0.3, -0.25) is 9.59 Å². The third-order valence-corrected chi connectivity index (χ3v) is 5.30. The highest BCUT2D eigenvalue weighted by Crippen LogP contribution is 2.28. The number of amides is 2. The summed E-state index contributed by atoms with van der Waals surface area (Å²) in [4.78, 5) is 28.4. The molecule has 3 rings (SSSR count). The molecule has 24 heavy (non-hydrogen) atoms. The topological polar surface area (TPSA) is 60.9 Å². The zero-order chi connectivity index (χ0) is 16.9. The standard InChI is InChI=1S/C19H26N2O3/c22-17-8-4-3-7-16(17)19(24)21-13-11-20(12-14-21)18(23)10-9-15-5-1-2-6-15/h3-4,7-8,15,22H,1-2,5-6,9-14H2. The summed E-state index contributed by atoms with van der Waals surface area (Å²) >= 11 is 0. The van der Waals surface area contributed by atoms with Gasteiger partial charge in [0.25, 0.3) is 5.91 Å². The summed E-state index contributed by atoms with van der Waals surface area (Å²) < 4.78 is 0. The van der Waals surface area contributed by atoms with E-state index in [1.165, 1.54) is 31.7 Å². The highest BCUT2D eigenvalue weighted by atomic mass is 16.3. The molecule has 0 bridgehead atoms. The Bertz CT molecular complexity index is 588. The monoisotopic (exact) mass is 330 g/mol. The van der Waals surface area contributed by atoms with Crippen LogP contribution >= 0.6 is 0 Å². The van der Waals surface area contributed by atoms with Gasteiger partial charge in [0.05, 0.1) is 5.56 Å². The Balaban J connectivity index is 1.47. The number of phenols is 1. The molecule has 1 aliphatic heterocycles. The predicted molar refractivity (Wildman–Crippen MR) is 91.8 cm³/mol. The fraction of sp³-hybridized carbons (Fsp3) is 0.579. The number of hydrogen-bond acceptors (Lipinski definition) is 3. The normalized spacial score (nSPS) is 18.8. The van der Waals surface area contributed by atoms with Crippen LogP contribution in [0.5, 0.6) is 5.75 Å². The summed E-state index contributed by atoms with van der Waals surface area (Å²) in [7, 11) is 0. The minimum absolute atomic E-state index is 0.0116. The lowest BCUT2D eigenvalue weighted by Gasteiger charge is -2.35. The van der Waals surface area contributed by atoms with Crippen molar-refractivity contribution in [3.63, 3.8) is 0 Å². The molecule has 0 aromatic heterocycles. The van der Waals surface area contributed by atoms with Crippen molar-refractivity contribution in [1.82, 2.24) is 9.80 Å². The molecule has 2 aliphatic rings. The third kappa shape index (κ3) is 3.89. The Morgan fingerprint density at radius 3 is 2.29 bits per heavy atom. The molecule has 1 saturated carbocycles. The van der Waals surface area contributed by atoms with Crippen LogP contribution in [0.4, 0.5) is 0 Å². The first-order valence-electron chi connectivity index (χ1n) is 9.00. The van der Waals surface area contributed by atoms with Gasteiger partial charge in [-0.05, 0) is 24.5 Å². The second-order valence-electron chi connectivity index (χ2n) is 6.88. The molecule has 1 heterocycles. The number of aromatic hydroxyl groups is 1. The molecule has 5 nitrogen and oxygen atoms in total. The highest BCUT2D eigenvalue weighted by Gasteiger charge is 2.26. The van der Waals surface area contributed by atoms with E-state index in [1.54, 1.807) is 23.1 Å². The largest absolute Gasteiger partial charge is 0.507 e. The maximum absolute atomic E-state index is 12.5. The molecule has 5 heteroatoms. The van der Waals surface area contributed by atoms with Gasteiger partial charge in [-0.2, -0.15) is 0 Å². The predicted octanol–water partition coefficient (Wildman–Crippen LogP) is 2.65. The van der Waals surface area contributed by atoms with E-state index in [2.05, 4.69) is 0 Å². The van der Waals surface area contributed by atoms with Gasteiger partial charge in [0.15, 0.2) is 0 Å². The molecule has 0 radical (unpaired) electrons. The molecule has 1 aliphatic carbocycles. The van der Waals surface area contributed by atoms with Gasteiger partial charge in [0, 0.05) is 32.6 Å². The maximum atomic E-state index is 12.5. The molecule has 1 aromatic rings. The summed E-state index contributed by atoms with van der Waals surface area (Å²) in [5.41, 5.74) is 0.332. The van der Waals surface area contributed by atoms with Crippen molar-refractivity contribution in [2.24, 2.45) is 5.92 Å². The summed E-state index contributed by atoms with van der Waals surface area (Å²) in [5, 5.41) is 9.81. The lowest BCUT2D eigenvalue weighted by molar-refractivity contribution is -0.133. The van der Waals surface area contributed by atoms with Gasteiger partial charge in [0.2, 0.25) is 5.91 Å². The molecule has 1 N–H and O–H groups in total. The molecule has 1 aromatic carbocycles. The summed E-state index contributed by atoms with van der Waals surface area (Å²) in [6, 6.07) is 6.61. The Morgan fingerprint density at radius 2 is 1.62 bits per heavy atom. The van der Waals surface area contributed by atoms with Crippen molar-refractivity contribution in [1.29, 1.82) is 0 Å². The molecule has 130 valence electrons. The SMILES string of the molecule is O=C(CCC1CCCC1)N1CCN(C(=O)c2ccccc2O)CC1. The van der Waals surface area contributed by atoms with E-state index in [0.29, 0.717) is 38.2 Å². The fourth-order valence-electron chi connectivity index (χ4n) is 3.77. The van der Waals surface area contributed by atoms with Gasteiger partial charge in [-0.15, -0.1) is 0 Å². The first kappa shape index (κ1) is 16.8. The van der Waals surface area contributed by atoms with Crippen molar-refractivity contribution in [2.75, 3.05) is 26.2 Å². The number of carbonyl (C=O) groups is 2. The molecule has 0 atom stereocenters. The number of piperazine rings is 1. The number of benzene rings is 1. The van der Waals surface area contributed by atoms with Gasteiger partial charge in [-0.1, -0.05) is 37.8 Å². The van der Waals surface area contributed by atoms with Crippen LogP contribution < -0.4 is 0 Å². The van der Waals surface area contributed by atoms with Crippen LogP contribution in [0.1, 0.15) is 48.9 Å². The van der Waals surface area contributed by atoms with E-state index in [4.69, 9.17) is 0 Å². The quantitative estimate of drug-likeness (QED) is 0.923. The molecule has 1 saturated heterocycles. The third-order valence-electron chi connectivity index (χ3n) is 5.30. The van der Waals surface area contributed by atoms with Gasteiger partial charge in [0.1, 0.15) is 5.75 Å². The Morgan fingerprint density at radius 1 is 1.00 bits per heavy atom. The minimum Gasteiger partial charge on any atom is -0.507 e. The van der Waals surface area contributed by atoms with Crippen LogP contribution in [0.25, 0.3) is 0 Å². The molecule has 2 fully saturated rings. The van der Waals surface area contributed by atoms with Crippen LogP contribution in [-0.2, 0) is 4.79 Å². The van der Waals surface area contributed by atoms with Gasteiger partial charge in [-0.25, -0.2) is 0 Å². The van der Waals surface area contributed by atoms with Crippen LogP contribution in [-0.4, -0.2) is 52.9 Å². The van der Waals surface area contributed by atoms with Crippen LogP contribution in [0.15, 0.2) is 24.3 Å². The first-order valence-corrected chi connectivity index (χ1v) is 9.00. The number of carbonyl (C=O) groups excluding carboxylic acids is 2. The maximum Gasteiger partial charge on any atom is 0.257 e. The number of nitrogens with zero attached hydrogens (tertiary/aromatic N) is 2. The highest BCUT2D eigenvalue weighted by molar-refractivity contribution is 5.97. The van der Waals surface area contributed by atoms with Crippen molar-refractivity contribution >= 4 is 11.8 Å². The molecule has 2 amide bonds. The first-order chi connectivity index (χ1) is 11.6. The Kier molecular flexibility index (Phi) is 5.38. The Hall–Kier alpha value is -2.04. The molecule has 0 unspecified atom stereocenters. The van der Waals surface area contributed by atoms with E-state index >= 15 is 0 Å². The van der Waals surface area contributed by atoms with E-state index in [9.17, 15) is 14.7 Å². The van der Waals surface area contributed by atoms with Gasteiger partial charge < -0.3 is 14.9 Å². The van der Waals surface area contributed by atoms with E-state index in [0.717, 1.165) is 12.3 Å². The second-order valence-corrected chi connectivity index (χ2v) is 6.88. The lowest BCUT2D eigenvalue weighted by atomic mass is 10.0. The van der Waals surface area contributed by atoms with Crippen LogP contribution in [0.2, 0.25) is 0 Å². The number of para-hydroxylation sites is 1. The Labute approximate surface area is 143 Å². The molecular weight excluding hydrogens is 304 g/mol. The second kappa shape index (κ2) is 7.69. The minimum atomic E-state index is -0.161. The van der Waals surface area contributed by atoms with Crippen LogP contribution in [0, 0.1) is 5.92 Å². The van der Waals surface area contributed by atoms with Crippen molar-refractivity contribution in [2.45, 2.75) is 38.5 Å². The van der Waals surface area contributed by atoms with E-state index in [-0.39, 0.29) is 17.6 Å². The lowest BCUT2D eigenvalue weighted by Crippen LogP contribution is -2.50. The fourth-order valence-corrected chi connectivity index (χ4v) is 3.77. The summed E-state index contributed by atoms with van der Waals surface area (Å²) in [6.07, 6.45) is 6.82. The average Bonchev–Trinajstić information content (AvgIpc) is 3.13. The van der Waals surface area contributed by atoms with Crippen LogP contribution in [0.3, 0.4) is 0 Å². The zero-order valence-electron chi connectivity index (χ0n) is 14.1.